The van der Waals surface area contributed by atoms with E-state index in [0.29, 0.717) is 5.41 Å². The van der Waals surface area contributed by atoms with E-state index in [4.69, 9.17) is 0 Å². The third kappa shape index (κ3) is 3.29. The van der Waals surface area contributed by atoms with Crippen LogP contribution < -0.4 is 10.6 Å². The number of carbonyl (C=O) groups is 1. The predicted molar refractivity (Wildman–Crippen MR) is 69.9 cm³/mol. The molecule has 2 rings (SSSR count). The number of rotatable bonds is 5. The van der Waals surface area contributed by atoms with Gasteiger partial charge in [0.1, 0.15) is 5.82 Å². The molecule has 0 heterocycles. The number of para-hydroxylation sites is 1. The number of hydrogen-bond donors (Lipinski definition) is 2. The Hall–Kier alpha value is -1.42. The number of anilines is 1. The van der Waals surface area contributed by atoms with Crippen molar-refractivity contribution in [2.45, 2.75) is 26.2 Å². The van der Waals surface area contributed by atoms with Crippen molar-refractivity contribution in [1.82, 2.24) is 5.32 Å². The minimum Gasteiger partial charge on any atom is -0.322 e. The van der Waals surface area contributed by atoms with Crippen molar-refractivity contribution < 1.29 is 9.18 Å². The highest BCUT2D eigenvalue weighted by Crippen LogP contribution is 2.39. The minimum absolute atomic E-state index is 0.206. The SMILES string of the molecule is CC1(CNCC(=O)Nc2ccccc2F)CCC1. The Morgan fingerprint density at radius 1 is 1.39 bits per heavy atom. The molecule has 1 aliphatic rings. The molecule has 4 heteroatoms. The third-order valence-electron chi connectivity index (χ3n) is 3.55. The smallest absolute Gasteiger partial charge is 0.238 e. The van der Waals surface area contributed by atoms with Crippen molar-refractivity contribution in [3.05, 3.63) is 30.1 Å². The van der Waals surface area contributed by atoms with Crippen LogP contribution in [0.5, 0.6) is 0 Å². The summed E-state index contributed by atoms with van der Waals surface area (Å²) in [5.41, 5.74) is 0.581. The number of amides is 1. The lowest BCUT2D eigenvalue weighted by molar-refractivity contribution is -0.115. The molecule has 1 amide bonds. The van der Waals surface area contributed by atoms with E-state index in [-0.39, 0.29) is 18.1 Å². The fraction of sp³-hybridized carbons (Fsp3) is 0.500. The van der Waals surface area contributed by atoms with Gasteiger partial charge in [0.05, 0.1) is 12.2 Å². The molecule has 1 saturated carbocycles. The fourth-order valence-corrected chi connectivity index (χ4v) is 2.19. The molecule has 0 spiro atoms. The van der Waals surface area contributed by atoms with Crippen LogP contribution in [-0.4, -0.2) is 19.0 Å². The molecule has 0 bridgehead atoms. The maximum Gasteiger partial charge on any atom is 0.238 e. The van der Waals surface area contributed by atoms with Gasteiger partial charge < -0.3 is 10.6 Å². The first kappa shape index (κ1) is 13.0. The van der Waals surface area contributed by atoms with Gasteiger partial charge in [-0.25, -0.2) is 4.39 Å². The summed E-state index contributed by atoms with van der Waals surface area (Å²) in [7, 11) is 0. The maximum absolute atomic E-state index is 13.3. The summed E-state index contributed by atoms with van der Waals surface area (Å²) in [6, 6.07) is 6.18. The summed E-state index contributed by atoms with van der Waals surface area (Å²) in [4.78, 5) is 11.6. The van der Waals surface area contributed by atoms with E-state index in [9.17, 15) is 9.18 Å². The first-order chi connectivity index (χ1) is 8.59. The largest absolute Gasteiger partial charge is 0.322 e. The zero-order chi connectivity index (χ0) is 13.0. The second-order valence-electron chi connectivity index (χ2n) is 5.30. The van der Waals surface area contributed by atoms with Crippen LogP contribution in [0.25, 0.3) is 0 Å². The highest BCUT2D eigenvalue weighted by atomic mass is 19.1. The Kier molecular flexibility index (Phi) is 3.97. The second kappa shape index (κ2) is 5.48. The number of benzene rings is 1. The fourth-order valence-electron chi connectivity index (χ4n) is 2.19. The monoisotopic (exact) mass is 250 g/mol. The number of nitrogens with one attached hydrogen (secondary N) is 2. The van der Waals surface area contributed by atoms with E-state index in [1.54, 1.807) is 18.2 Å². The lowest BCUT2D eigenvalue weighted by Crippen LogP contribution is -2.40. The molecule has 98 valence electrons. The minimum atomic E-state index is -0.406. The van der Waals surface area contributed by atoms with Crippen LogP contribution in [0.4, 0.5) is 10.1 Å². The Labute approximate surface area is 107 Å². The second-order valence-corrected chi connectivity index (χ2v) is 5.30. The molecule has 0 aromatic heterocycles. The van der Waals surface area contributed by atoms with Crippen molar-refractivity contribution in [2.24, 2.45) is 5.41 Å². The van der Waals surface area contributed by atoms with Gasteiger partial charge in [0.15, 0.2) is 0 Å². The van der Waals surface area contributed by atoms with E-state index < -0.39 is 5.82 Å². The Bertz CT molecular complexity index is 430. The van der Waals surface area contributed by atoms with Gasteiger partial charge in [-0.1, -0.05) is 25.5 Å². The van der Waals surface area contributed by atoms with Crippen LogP contribution in [0.1, 0.15) is 26.2 Å². The van der Waals surface area contributed by atoms with Crippen molar-refractivity contribution in [3.8, 4) is 0 Å². The number of halogens is 1. The highest BCUT2D eigenvalue weighted by molar-refractivity contribution is 5.92. The molecule has 1 aromatic rings. The molecular weight excluding hydrogens is 231 g/mol. The van der Waals surface area contributed by atoms with Crippen molar-refractivity contribution in [3.63, 3.8) is 0 Å². The molecule has 2 N–H and O–H groups in total. The van der Waals surface area contributed by atoms with E-state index in [0.717, 1.165) is 6.54 Å². The van der Waals surface area contributed by atoms with Crippen LogP contribution >= 0.6 is 0 Å². The maximum atomic E-state index is 13.3. The van der Waals surface area contributed by atoms with Gasteiger partial charge in [-0.15, -0.1) is 0 Å². The molecule has 18 heavy (non-hydrogen) atoms. The van der Waals surface area contributed by atoms with Gasteiger partial charge in [0.2, 0.25) is 5.91 Å². The average Bonchev–Trinajstić information content (AvgIpc) is 2.30. The summed E-state index contributed by atoms with van der Waals surface area (Å²) in [5.74, 6) is -0.611. The topological polar surface area (TPSA) is 41.1 Å². The molecule has 1 aromatic carbocycles. The molecule has 0 radical (unpaired) electrons. The molecule has 0 unspecified atom stereocenters. The summed E-state index contributed by atoms with van der Waals surface area (Å²) in [5, 5.41) is 5.69. The van der Waals surface area contributed by atoms with Gasteiger partial charge in [0.25, 0.3) is 0 Å². The van der Waals surface area contributed by atoms with Gasteiger partial charge in [-0.05, 0) is 30.4 Å². The van der Waals surface area contributed by atoms with Crippen LogP contribution in [0, 0.1) is 11.2 Å². The Balaban J connectivity index is 1.74. The van der Waals surface area contributed by atoms with Crippen molar-refractivity contribution in [2.75, 3.05) is 18.4 Å². The molecule has 0 atom stereocenters. The zero-order valence-corrected chi connectivity index (χ0v) is 10.6. The number of carbonyl (C=O) groups excluding carboxylic acids is 1. The van der Waals surface area contributed by atoms with Gasteiger partial charge in [0, 0.05) is 6.54 Å². The van der Waals surface area contributed by atoms with Crippen LogP contribution in [0.15, 0.2) is 24.3 Å². The zero-order valence-electron chi connectivity index (χ0n) is 10.6. The molecular formula is C14H19FN2O. The van der Waals surface area contributed by atoms with Gasteiger partial charge >= 0.3 is 0 Å². The first-order valence-corrected chi connectivity index (χ1v) is 6.34. The van der Waals surface area contributed by atoms with E-state index in [1.165, 1.54) is 25.3 Å². The lowest BCUT2D eigenvalue weighted by Gasteiger charge is -2.38. The first-order valence-electron chi connectivity index (χ1n) is 6.34. The lowest BCUT2D eigenvalue weighted by atomic mass is 9.70. The summed E-state index contributed by atoms with van der Waals surface area (Å²) >= 11 is 0. The van der Waals surface area contributed by atoms with E-state index in [1.807, 2.05) is 0 Å². The summed E-state index contributed by atoms with van der Waals surface area (Å²) in [6.07, 6.45) is 3.71. The van der Waals surface area contributed by atoms with Crippen molar-refractivity contribution >= 4 is 11.6 Å². The van der Waals surface area contributed by atoms with Crippen molar-refractivity contribution in [1.29, 1.82) is 0 Å². The van der Waals surface area contributed by atoms with E-state index in [2.05, 4.69) is 17.6 Å². The quantitative estimate of drug-likeness (QED) is 0.843. The number of hydrogen-bond acceptors (Lipinski definition) is 2. The molecule has 1 aliphatic carbocycles. The van der Waals surface area contributed by atoms with Crippen LogP contribution in [0.3, 0.4) is 0 Å². The van der Waals surface area contributed by atoms with Crippen LogP contribution in [0.2, 0.25) is 0 Å². The van der Waals surface area contributed by atoms with Gasteiger partial charge in [-0.2, -0.15) is 0 Å². The Morgan fingerprint density at radius 3 is 2.72 bits per heavy atom. The summed E-state index contributed by atoms with van der Waals surface area (Å²) < 4.78 is 13.3. The predicted octanol–water partition coefficient (Wildman–Crippen LogP) is 2.54. The third-order valence-corrected chi connectivity index (χ3v) is 3.55. The molecule has 3 nitrogen and oxygen atoms in total. The Morgan fingerprint density at radius 2 is 2.11 bits per heavy atom. The van der Waals surface area contributed by atoms with Gasteiger partial charge in [-0.3, -0.25) is 4.79 Å². The standard InChI is InChI=1S/C14H19FN2O/c1-14(7-4-8-14)10-16-9-13(18)17-12-6-3-2-5-11(12)15/h2-3,5-6,16H,4,7-10H2,1H3,(H,17,18). The van der Waals surface area contributed by atoms with Crippen LogP contribution in [-0.2, 0) is 4.79 Å². The molecule has 0 saturated heterocycles. The molecule has 0 aliphatic heterocycles. The normalized spacial score (nSPS) is 17.0. The van der Waals surface area contributed by atoms with E-state index >= 15 is 0 Å². The molecule has 1 fully saturated rings. The summed E-state index contributed by atoms with van der Waals surface area (Å²) in [6.45, 7) is 3.29. The highest BCUT2D eigenvalue weighted by Gasteiger charge is 2.31. The average molecular weight is 250 g/mol.